The first-order valence-electron chi connectivity index (χ1n) is 12.0. The zero-order chi connectivity index (χ0) is 23.8. The molecule has 1 heterocycles. The van der Waals surface area contributed by atoms with E-state index < -0.39 is 12.0 Å². The number of nitrogens with one attached hydrogen (secondary N) is 1. The molecule has 3 aromatic carbocycles. The third kappa shape index (κ3) is 6.12. The number of likely N-dealkylation sites (N-methyl/N-ethyl adjacent to an activating group) is 1. The maximum Gasteiger partial charge on any atom is 0.245 e. The van der Waals surface area contributed by atoms with Crippen LogP contribution in [0.1, 0.15) is 29.0 Å². The average molecular weight is 456 g/mol. The molecule has 0 bridgehead atoms. The van der Waals surface area contributed by atoms with Crippen LogP contribution >= 0.6 is 0 Å². The van der Waals surface area contributed by atoms with Gasteiger partial charge in [0, 0.05) is 26.1 Å². The van der Waals surface area contributed by atoms with Gasteiger partial charge in [-0.05, 0) is 36.7 Å². The largest absolute Gasteiger partial charge is 0.343 e. The van der Waals surface area contributed by atoms with Crippen LogP contribution in [0.5, 0.6) is 0 Å². The molecule has 5 nitrogen and oxygen atoms in total. The fraction of sp³-hybridized carbons (Fsp3) is 0.310. The number of hydrogen-bond acceptors (Lipinski definition) is 3. The fourth-order valence-electron chi connectivity index (χ4n) is 4.58. The van der Waals surface area contributed by atoms with Crippen LogP contribution in [0.15, 0.2) is 91.0 Å². The van der Waals surface area contributed by atoms with Crippen molar-refractivity contribution in [2.45, 2.75) is 24.8 Å². The summed E-state index contributed by atoms with van der Waals surface area (Å²) in [4.78, 5) is 31.6. The van der Waals surface area contributed by atoms with E-state index in [2.05, 4.69) is 17.3 Å². The summed E-state index contributed by atoms with van der Waals surface area (Å²) in [6.45, 7) is 3.21. The van der Waals surface area contributed by atoms with Crippen molar-refractivity contribution < 1.29 is 9.59 Å². The Morgan fingerprint density at radius 1 is 0.765 bits per heavy atom. The SMILES string of the molecule is CN1CCCN(C(=O)C(Cc2ccccc2)NC(=O)C(c2ccccc2)c2ccccc2)CC1. The normalized spacial score (nSPS) is 15.5. The molecule has 1 unspecified atom stereocenters. The molecular weight excluding hydrogens is 422 g/mol. The first kappa shape index (κ1) is 23.7. The summed E-state index contributed by atoms with van der Waals surface area (Å²) >= 11 is 0. The van der Waals surface area contributed by atoms with Crippen LogP contribution in [0.4, 0.5) is 0 Å². The molecule has 1 atom stereocenters. The molecule has 0 spiro atoms. The van der Waals surface area contributed by atoms with Crippen LogP contribution in [0.3, 0.4) is 0 Å². The highest BCUT2D eigenvalue weighted by Gasteiger charge is 2.31. The molecule has 1 N–H and O–H groups in total. The number of rotatable bonds is 7. The Morgan fingerprint density at radius 3 is 1.91 bits per heavy atom. The van der Waals surface area contributed by atoms with Gasteiger partial charge in [0.1, 0.15) is 6.04 Å². The molecule has 0 saturated carbocycles. The monoisotopic (exact) mass is 455 g/mol. The van der Waals surface area contributed by atoms with Gasteiger partial charge < -0.3 is 15.1 Å². The van der Waals surface area contributed by atoms with Gasteiger partial charge in [0.15, 0.2) is 0 Å². The number of hydrogen-bond donors (Lipinski definition) is 1. The molecule has 2 amide bonds. The van der Waals surface area contributed by atoms with Gasteiger partial charge in [-0.2, -0.15) is 0 Å². The molecule has 0 radical (unpaired) electrons. The second kappa shape index (κ2) is 11.6. The predicted molar refractivity (Wildman–Crippen MR) is 135 cm³/mol. The van der Waals surface area contributed by atoms with Crippen molar-refractivity contribution >= 4 is 11.8 Å². The molecule has 5 heteroatoms. The minimum atomic E-state index is -0.617. The van der Waals surface area contributed by atoms with E-state index in [1.54, 1.807) is 0 Å². The molecule has 4 rings (SSSR count). The number of amides is 2. The molecule has 176 valence electrons. The minimum Gasteiger partial charge on any atom is -0.343 e. The van der Waals surface area contributed by atoms with Gasteiger partial charge in [0.2, 0.25) is 11.8 Å². The number of carbonyl (C=O) groups is 2. The van der Waals surface area contributed by atoms with E-state index in [-0.39, 0.29) is 11.8 Å². The van der Waals surface area contributed by atoms with E-state index in [4.69, 9.17) is 0 Å². The summed E-state index contributed by atoms with van der Waals surface area (Å²) in [5, 5.41) is 3.15. The topological polar surface area (TPSA) is 52.6 Å². The van der Waals surface area contributed by atoms with Crippen LogP contribution in [0.2, 0.25) is 0 Å². The molecule has 3 aromatic rings. The number of carbonyl (C=O) groups excluding carboxylic acids is 2. The number of nitrogens with zero attached hydrogens (tertiary/aromatic N) is 2. The molecule has 1 aliphatic rings. The van der Waals surface area contributed by atoms with Gasteiger partial charge in [-0.1, -0.05) is 91.0 Å². The Morgan fingerprint density at radius 2 is 1.32 bits per heavy atom. The highest BCUT2D eigenvalue weighted by Crippen LogP contribution is 2.25. The minimum absolute atomic E-state index is 0.00706. The van der Waals surface area contributed by atoms with Gasteiger partial charge in [-0.3, -0.25) is 9.59 Å². The lowest BCUT2D eigenvalue weighted by Gasteiger charge is -2.28. The van der Waals surface area contributed by atoms with Gasteiger partial charge in [0.25, 0.3) is 0 Å². The van der Waals surface area contributed by atoms with E-state index in [0.29, 0.717) is 19.5 Å². The molecule has 0 aromatic heterocycles. The maximum atomic E-state index is 13.8. The Hall–Kier alpha value is -3.44. The van der Waals surface area contributed by atoms with Gasteiger partial charge >= 0.3 is 0 Å². The highest BCUT2D eigenvalue weighted by molar-refractivity contribution is 5.92. The van der Waals surface area contributed by atoms with E-state index >= 15 is 0 Å². The summed E-state index contributed by atoms with van der Waals surface area (Å²) in [7, 11) is 2.08. The summed E-state index contributed by atoms with van der Waals surface area (Å²) in [5.41, 5.74) is 2.85. The van der Waals surface area contributed by atoms with Crippen molar-refractivity contribution in [3.63, 3.8) is 0 Å². The highest BCUT2D eigenvalue weighted by atomic mass is 16.2. The second-order valence-electron chi connectivity index (χ2n) is 8.99. The van der Waals surface area contributed by atoms with Gasteiger partial charge in [0.05, 0.1) is 5.92 Å². The number of benzene rings is 3. The van der Waals surface area contributed by atoms with Crippen LogP contribution in [-0.2, 0) is 16.0 Å². The van der Waals surface area contributed by atoms with Crippen molar-refractivity contribution in [2.75, 3.05) is 33.2 Å². The fourth-order valence-corrected chi connectivity index (χ4v) is 4.58. The molecule has 0 aliphatic carbocycles. The Kier molecular flexibility index (Phi) is 8.10. The molecule has 34 heavy (non-hydrogen) atoms. The lowest BCUT2D eigenvalue weighted by molar-refractivity contribution is -0.136. The molecule has 1 aliphatic heterocycles. The van der Waals surface area contributed by atoms with Crippen molar-refractivity contribution in [3.8, 4) is 0 Å². The smallest absolute Gasteiger partial charge is 0.245 e. The third-order valence-corrected chi connectivity index (χ3v) is 6.46. The predicted octanol–water partition coefficient (Wildman–Crippen LogP) is 3.71. The molecular formula is C29H33N3O2. The second-order valence-corrected chi connectivity index (χ2v) is 8.99. The average Bonchev–Trinajstić information content (AvgIpc) is 3.10. The summed E-state index contributed by atoms with van der Waals surface area (Å²) in [5.74, 6) is -0.644. The standard InChI is InChI=1S/C29H33N3O2/c1-31-18-11-19-32(21-20-31)29(34)26(22-23-12-5-2-6-13-23)30-28(33)27(24-14-7-3-8-15-24)25-16-9-4-10-17-25/h2-10,12-17,26-27H,11,18-22H2,1H3,(H,30,33). The zero-order valence-electron chi connectivity index (χ0n) is 19.8. The van der Waals surface area contributed by atoms with Crippen molar-refractivity contribution in [2.24, 2.45) is 0 Å². The van der Waals surface area contributed by atoms with Crippen LogP contribution in [0.25, 0.3) is 0 Å². The maximum absolute atomic E-state index is 13.8. The molecule has 1 fully saturated rings. The van der Waals surface area contributed by atoms with E-state index in [1.807, 2.05) is 95.9 Å². The van der Waals surface area contributed by atoms with Crippen LogP contribution < -0.4 is 5.32 Å². The van der Waals surface area contributed by atoms with Crippen molar-refractivity contribution in [3.05, 3.63) is 108 Å². The Bertz CT molecular complexity index is 1020. The molecule has 1 saturated heterocycles. The van der Waals surface area contributed by atoms with Crippen molar-refractivity contribution in [1.29, 1.82) is 0 Å². The Labute approximate surface area is 202 Å². The first-order chi connectivity index (χ1) is 16.6. The lowest BCUT2D eigenvalue weighted by Crippen LogP contribution is -2.51. The quantitative estimate of drug-likeness (QED) is 0.591. The van der Waals surface area contributed by atoms with Crippen LogP contribution in [0, 0.1) is 0 Å². The van der Waals surface area contributed by atoms with E-state index in [0.717, 1.165) is 36.2 Å². The van der Waals surface area contributed by atoms with Crippen molar-refractivity contribution in [1.82, 2.24) is 15.1 Å². The zero-order valence-corrected chi connectivity index (χ0v) is 19.8. The Balaban J connectivity index is 1.61. The third-order valence-electron chi connectivity index (χ3n) is 6.46. The summed E-state index contributed by atoms with van der Waals surface area (Å²) < 4.78 is 0. The summed E-state index contributed by atoms with van der Waals surface area (Å²) in [6.07, 6.45) is 1.40. The van der Waals surface area contributed by atoms with Crippen LogP contribution in [-0.4, -0.2) is 60.9 Å². The van der Waals surface area contributed by atoms with E-state index in [9.17, 15) is 9.59 Å². The van der Waals surface area contributed by atoms with E-state index in [1.165, 1.54) is 0 Å². The summed E-state index contributed by atoms with van der Waals surface area (Å²) in [6, 6.07) is 28.8. The van der Waals surface area contributed by atoms with Gasteiger partial charge in [-0.25, -0.2) is 0 Å². The van der Waals surface area contributed by atoms with Gasteiger partial charge in [-0.15, -0.1) is 0 Å². The lowest BCUT2D eigenvalue weighted by atomic mass is 9.90. The first-order valence-corrected chi connectivity index (χ1v) is 12.0.